The van der Waals surface area contributed by atoms with E-state index < -0.39 is 0 Å². The van der Waals surface area contributed by atoms with Gasteiger partial charge in [0, 0.05) is 25.1 Å². The highest BCUT2D eigenvalue weighted by Crippen LogP contribution is 2.04. The Morgan fingerprint density at radius 3 is 2.93 bits per heavy atom. The molecule has 2 rings (SSSR count). The quantitative estimate of drug-likeness (QED) is 0.814. The van der Waals surface area contributed by atoms with E-state index in [-0.39, 0.29) is 0 Å². The van der Waals surface area contributed by atoms with Gasteiger partial charge in [0.1, 0.15) is 0 Å². The number of rotatable bonds is 4. The molecule has 0 radical (unpaired) electrons. The van der Waals surface area contributed by atoms with Gasteiger partial charge in [0.15, 0.2) is 5.82 Å². The maximum Gasteiger partial charge on any atom is 0.153 e. The molecule has 0 amide bonds. The first-order valence-corrected chi connectivity index (χ1v) is 5.06. The first-order valence-electron chi connectivity index (χ1n) is 5.06. The molecule has 0 saturated heterocycles. The number of nitrogens with one attached hydrogen (secondary N) is 1. The van der Waals surface area contributed by atoms with Gasteiger partial charge in [-0.15, -0.1) is 0 Å². The van der Waals surface area contributed by atoms with Gasteiger partial charge in [-0.2, -0.15) is 5.10 Å². The Labute approximate surface area is 89.0 Å². The predicted octanol–water partition coefficient (Wildman–Crippen LogP) is 1.38. The van der Waals surface area contributed by atoms with Crippen molar-refractivity contribution in [1.82, 2.24) is 20.1 Å². The number of hydrogen-bond acceptors (Lipinski definition) is 3. The zero-order valence-electron chi connectivity index (χ0n) is 8.72. The molecule has 0 spiro atoms. The molecule has 2 aromatic heterocycles. The van der Waals surface area contributed by atoms with Gasteiger partial charge < -0.3 is 5.32 Å². The van der Waals surface area contributed by atoms with E-state index in [9.17, 15) is 0 Å². The third kappa shape index (κ3) is 2.41. The molecule has 0 aliphatic heterocycles. The van der Waals surface area contributed by atoms with Crippen molar-refractivity contribution in [2.45, 2.75) is 13.5 Å². The van der Waals surface area contributed by atoms with Gasteiger partial charge in [-0.05, 0) is 24.2 Å². The van der Waals surface area contributed by atoms with Crippen LogP contribution in [0.3, 0.4) is 0 Å². The molecule has 0 aliphatic carbocycles. The molecule has 0 saturated carbocycles. The lowest BCUT2D eigenvalue weighted by Gasteiger charge is -2.03. The van der Waals surface area contributed by atoms with Crippen LogP contribution in [0.5, 0.6) is 0 Å². The highest BCUT2D eigenvalue weighted by Gasteiger charge is 1.97. The fraction of sp³-hybridized carbons (Fsp3) is 0.273. The molecule has 0 aromatic carbocycles. The molecule has 4 heteroatoms. The largest absolute Gasteiger partial charge is 0.313 e. The first-order chi connectivity index (χ1) is 7.40. The SMILES string of the molecule is CCNCc1ccc(-n2cccn2)nc1. The number of pyridine rings is 1. The lowest BCUT2D eigenvalue weighted by atomic mass is 10.3. The fourth-order valence-corrected chi connectivity index (χ4v) is 1.33. The highest BCUT2D eigenvalue weighted by atomic mass is 15.3. The summed E-state index contributed by atoms with van der Waals surface area (Å²) in [6, 6.07) is 5.92. The van der Waals surface area contributed by atoms with E-state index in [0.29, 0.717) is 0 Å². The third-order valence-electron chi connectivity index (χ3n) is 2.13. The van der Waals surface area contributed by atoms with Gasteiger partial charge in [-0.25, -0.2) is 9.67 Å². The molecule has 15 heavy (non-hydrogen) atoms. The van der Waals surface area contributed by atoms with Gasteiger partial charge in [0.05, 0.1) is 0 Å². The van der Waals surface area contributed by atoms with Crippen molar-refractivity contribution < 1.29 is 0 Å². The Kier molecular flexibility index (Phi) is 3.09. The second kappa shape index (κ2) is 4.70. The standard InChI is InChI=1S/C11H14N4/c1-2-12-8-10-4-5-11(13-9-10)15-7-3-6-14-15/h3-7,9,12H,2,8H2,1H3. The van der Waals surface area contributed by atoms with Crippen molar-refractivity contribution in [3.8, 4) is 5.82 Å². The van der Waals surface area contributed by atoms with Crippen molar-refractivity contribution in [3.63, 3.8) is 0 Å². The van der Waals surface area contributed by atoms with Crippen LogP contribution in [-0.2, 0) is 6.54 Å². The maximum atomic E-state index is 4.33. The van der Waals surface area contributed by atoms with Crippen molar-refractivity contribution in [1.29, 1.82) is 0 Å². The van der Waals surface area contributed by atoms with E-state index in [4.69, 9.17) is 0 Å². The Balaban J connectivity index is 2.11. The second-order valence-corrected chi connectivity index (χ2v) is 3.26. The van der Waals surface area contributed by atoms with E-state index >= 15 is 0 Å². The number of hydrogen-bond donors (Lipinski definition) is 1. The molecule has 2 heterocycles. The van der Waals surface area contributed by atoms with Crippen molar-refractivity contribution >= 4 is 0 Å². The second-order valence-electron chi connectivity index (χ2n) is 3.26. The van der Waals surface area contributed by atoms with Crippen molar-refractivity contribution in [2.24, 2.45) is 0 Å². The summed E-state index contributed by atoms with van der Waals surface area (Å²) in [4.78, 5) is 4.33. The lowest BCUT2D eigenvalue weighted by molar-refractivity contribution is 0.722. The Hall–Kier alpha value is -1.68. The van der Waals surface area contributed by atoms with Crippen LogP contribution in [0.15, 0.2) is 36.8 Å². The molecule has 0 atom stereocenters. The first kappa shape index (κ1) is 9.86. The van der Waals surface area contributed by atoms with Crippen LogP contribution in [0.2, 0.25) is 0 Å². The number of aromatic nitrogens is 3. The molecule has 0 aliphatic rings. The Bertz CT molecular complexity index is 391. The molecule has 78 valence electrons. The smallest absolute Gasteiger partial charge is 0.153 e. The molecule has 0 bridgehead atoms. The minimum Gasteiger partial charge on any atom is -0.313 e. The van der Waals surface area contributed by atoms with E-state index in [1.165, 1.54) is 5.56 Å². The fourth-order valence-electron chi connectivity index (χ4n) is 1.33. The number of nitrogens with zero attached hydrogens (tertiary/aromatic N) is 3. The van der Waals surface area contributed by atoms with Crippen molar-refractivity contribution in [2.75, 3.05) is 6.54 Å². The highest BCUT2D eigenvalue weighted by molar-refractivity contribution is 5.24. The molecule has 1 N–H and O–H groups in total. The van der Waals surface area contributed by atoms with Gasteiger partial charge in [-0.3, -0.25) is 0 Å². The molecular weight excluding hydrogens is 188 g/mol. The van der Waals surface area contributed by atoms with Crippen LogP contribution < -0.4 is 5.32 Å². The minimum absolute atomic E-state index is 0.847. The summed E-state index contributed by atoms with van der Waals surface area (Å²) in [5.41, 5.74) is 1.19. The molecule has 0 unspecified atom stereocenters. The van der Waals surface area contributed by atoms with Crippen LogP contribution in [0.1, 0.15) is 12.5 Å². The average molecular weight is 202 g/mol. The lowest BCUT2D eigenvalue weighted by Crippen LogP contribution is -2.12. The van der Waals surface area contributed by atoms with Crippen LogP contribution in [0.4, 0.5) is 0 Å². The van der Waals surface area contributed by atoms with Crippen LogP contribution >= 0.6 is 0 Å². The van der Waals surface area contributed by atoms with Gasteiger partial charge in [0.25, 0.3) is 0 Å². The normalized spacial score (nSPS) is 10.5. The zero-order chi connectivity index (χ0) is 10.5. The minimum atomic E-state index is 0.847. The molecule has 2 aromatic rings. The predicted molar refractivity (Wildman–Crippen MR) is 58.7 cm³/mol. The average Bonchev–Trinajstić information content (AvgIpc) is 2.80. The van der Waals surface area contributed by atoms with E-state index in [1.54, 1.807) is 10.9 Å². The Morgan fingerprint density at radius 2 is 2.33 bits per heavy atom. The van der Waals surface area contributed by atoms with Gasteiger partial charge in [-0.1, -0.05) is 13.0 Å². The summed E-state index contributed by atoms with van der Waals surface area (Å²) in [5, 5.41) is 7.37. The summed E-state index contributed by atoms with van der Waals surface area (Å²) >= 11 is 0. The Morgan fingerprint density at radius 1 is 1.40 bits per heavy atom. The molecular formula is C11H14N4. The van der Waals surface area contributed by atoms with Gasteiger partial charge in [0.2, 0.25) is 0 Å². The van der Waals surface area contributed by atoms with E-state index in [0.717, 1.165) is 18.9 Å². The summed E-state index contributed by atoms with van der Waals surface area (Å²) in [6.07, 6.45) is 5.50. The summed E-state index contributed by atoms with van der Waals surface area (Å²) in [6.45, 7) is 3.93. The topological polar surface area (TPSA) is 42.7 Å². The van der Waals surface area contributed by atoms with Crippen molar-refractivity contribution in [3.05, 3.63) is 42.4 Å². The van der Waals surface area contributed by atoms with Crippen LogP contribution in [0, 0.1) is 0 Å². The summed E-state index contributed by atoms with van der Waals surface area (Å²) in [5.74, 6) is 0.847. The van der Waals surface area contributed by atoms with Gasteiger partial charge >= 0.3 is 0 Å². The monoisotopic (exact) mass is 202 g/mol. The van der Waals surface area contributed by atoms with E-state index in [2.05, 4.69) is 28.4 Å². The van der Waals surface area contributed by atoms with Crippen LogP contribution in [0.25, 0.3) is 5.82 Å². The summed E-state index contributed by atoms with van der Waals surface area (Å²) < 4.78 is 1.75. The maximum absolute atomic E-state index is 4.33. The summed E-state index contributed by atoms with van der Waals surface area (Å²) in [7, 11) is 0. The van der Waals surface area contributed by atoms with E-state index in [1.807, 2.05) is 24.5 Å². The molecule has 4 nitrogen and oxygen atoms in total. The third-order valence-corrected chi connectivity index (χ3v) is 2.13. The van der Waals surface area contributed by atoms with Crippen LogP contribution in [-0.4, -0.2) is 21.3 Å². The molecule has 0 fully saturated rings. The zero-order valence-corrected chi connectivity index (χ0v) is 8.72.